The molecule has 5 N–H and O–H groups in total. The van der Waals surface area contributed by atoms with Crippen LogP contribution in [0.1, 0.15) is 59.8 Å². The van der Waals surface area contributed by atoms with Gasteiger partial charge in [0.05, 0.1) is 24.3 Å². The summed E-state index contributed by atoms with van der Waals surface area (Å²) >= 11 is 0. The molecule has 2 aromatic heterocycles. The van der Waals surface area contributed by atoms with Gasteiger partial charge in [0.15, 0.2) is 17.0 Å². The first-order chi connectivity index (χ1) is 15.7. The average Bonchev–Trinajstić information content (AvgIpc) is 3.40. The van der Waals surface area contributed by atoms with Crippen molar-refractivity contribution in [3.8, 4) is 0 Å². The van der Waals surface area contributed by atoms with Gasteiger partial charge in [-0.3, -0.25) is 0 Å². The molecule has 10 heteroatoms. The number of fused-ring (bicyclic) bond motifs is 1. The number of aromatic nitrogens is 4. The maximum atomic E-state index is 13.9. The van der Waals surface area contributed by atoms with Crippen molar-refractivity contribution < 1.29 is 4.39 Å². The molecule has 0 spiro atoms. The van der Waals surface area contributed by atoms with Crippen LogP contribution in [0.5, 0.6) is 0 Å². The lowest BCUT2D eigenvalue weighted by molar-refractivity contribution is 0.364. The molecule has 3 rings (SSSR count). The van der Waals surface area contributed by atoms with Crippen LogP contribution in [0.2, 0.25) is 0 Å². The maximum absolute atomic E-state index is 13.9. The molecule has 0 bridgehead atoms. The molecule has 33 heavy (non-hydrogen) atoms. The molecule has 1 aliphatic rings. The van der Waals surface area contributed by atoms with E-state index in [1.165, 1.54) is 0 Å². The van der Waals surface area contributed by atoms with E-state index >= 15 is 0 Å². The first-order valence-corrected chi connectivity index (χ1v) is 11.9. The van der Waals surface area contributed by atoms with Crippen LogP contribution in [0.15, 0.2) is 18.2 Å². The second-order valence-electron chi connectivity index (χ2n) is 9.48. The van der Waals surface area contributed by atoms with Gasteiger partial charge in [-0.05, 0) is 53.0 Å². The van der Waals surface area contributed by atoms with E-state index in [1.54, 1.807) is 6.33 Å². The van der Waals surface area contributed by atoms with Gasteiger partial charge >= 0.3 is 0 Å². The molecule has 2 aromatic rings. The highest BCUT2D eigenvalue weighted by atomic mass is 19.1. The molecule has 1 aliphatic heterocycles. The van der Waals surface area contributed by atoms with Crippen LogP contribution in [-0.4, -0.2) is 57.6 Å². The molecule has 0 radical (unpaired) electrons. The van der Waals surface area contributed by atoms with Gasteiger partial charge in [0, 0.05) is 24.8 Å². The Labute approximate surface area is 195 Å². The molecule has 0 aromatic carbocycles. The van der Waals surface area contributed by atoms with E-state index < -0.39 is 6.17 Å². The highest BCUT2D eigenvalue weighted by Crippen LogP contribution is 2.29. The highest BCUT2D eigenvalue weighted by molar-refractivity contribution is 6.01. The highest BCUT2D eigenvalue weighted by Gasteiger charge is 2.27. The number of alkyl halides is 1. The average molecular weight is 460 g/mol. The number of allylic oxidation sites excluding steroid dienone is 1. The van der Waals surface area contributed by atoms with Crippen LogP contribution in [0.25, 0.3) is 11.2 Å². The van der Waals surface area contributed by atoms with Crippen molar-refractivity contribution >= 4 is 28.6 Å². The number of halogens is 1. The van der Waals surface area contributed by atoms with Crippen molar-refractivity contribution in [1.82, 2.24) is 24.8 Å². The lowest BCUT2D eigenvalue weighted by atomic mass is 10.1. The first kappa shape index (κ1) is 24.9. The number of nitrogens with one attached hydrogen (secondary N) is 3. The van der Waals surface area contributed by atoms with Gasteiger partial charge in [0.1, 0.15) is 6.17 Å². The van der Waals surface area contributed by atoms with Gasteiger partial charge in [0.25, 0.3) is 0 Å². The summed E-state index contributed by atoms with van der Waals surface area (Å²) in [6, 6.07) is 0. The molecule has 0 aliphatic carbocycles. The van der Waals surface area contributed by atoms with Crippen LogP contribution in [0, 0.1) is 5.41 Å². The largest absolute Gasteiger partial charge is 0.389 e. The topological polar surface area (TPSA) is 121 Å². The van der Waals surface area contributed by atoms with Crippen LogP contribution < -0.4 is 21.3 Å². The number of imidazole rings is 1. The molecule has 0 amide bonds. The third kappa shape index (κ3) is 6.19. The van der Waals surface area contributed by atoms with Crippen LogP contribution in [0.4, 0.5) is 16.2 Å². The Hall–Kier alpha value is -2.75. The van der Waals surface area contributed by atoms with Gasteiger partial charge < -0.3 is 31.2 Å². The molecule has 3 heterocycles. The van der Waals surface area contributed by atoms with Crippen LogP contribution in [-0.2, 0) is 5.54 Å². The van der Waals surface area contributed by atoms with Crippen molar-refractivity contribution in [2.45, 2.75) is 71.5 Å². The molecule has 0 unspecified atom stereocenters. The van der Waals surface area contributed by atoms with Gasteiger partial charge in [0.2, 0.25) is 5.95 Å². The summed E-state index contributed by atoms with van der Waals surface area (Å²) < 4.78 is 15.9. The molecule has 1 fully saturated rings. The Morgan fingerprint density at radius 3 is 2.73 bits per heavy atom. The van der Waals surface area contributed by atoms with Crippen molar-refractivity contribution in [3.63, 3.8) is 0 Å². The quantitative estimate of drug-likeness (QED) is 0.300. The molecule has 9 nitrogen and oxygen atoms in total. The summed E-state index contributed by atoms with van der Waals surface area (Å²) in [6.07, 6.45) is 6.85. The van der Waals surface area contributed by atoms with Crippen molar-refractivity contribution in [1.29, 1.82) is 5.41 Å². The van der Waals surface area contributed by atoms with E-state index in [4.69, 9.17) is 21.1 Å². The Bertz CT molecular complexity index is 976. The smallest absolute Gasteiger partial charge is 0.229 e. The molecule has 182 valence electrons. The minimum absolute atomic E-state index is 0.231. The summed E-state index contributed by atoms with van der Waals surface area (Å²) in [6.45, 7) is 10.6. The minimum atomic E-state index is -0.875. The minimum Gasteiger partial charge on any atom is -0.389 e. The van der Waals surface area contributed by atoms with Crippen LogP contribution in [0.3, 0.4) is 0 Å². The summed E-state index contributed by atoms with van der Waals surface area (Å²) in [5.74, 6) is 1.00. The van der Waals surface area contributed by atoms with Gasteiger partial charge in [-0.1, -0.05) is 13.3 Å². The summed E-state index contributed by atoms with van der Waals surface area (Å²) in [5.41, 5.74) is 7.74. The van der Waals surface area contributed by atoms with Gasteiger partial charge in [-0.25, -0.2) is 9.37 Å². The van der Waals surface area contributed by atoms with E-state index in [1.807, 2.05) is 22.6 Å². The third-order valence-corrected chi connectivity index (χ3v) is 5.72. The van der Waals surface area contributed by atoms with E-state index in [0.29, 0.717) is 60.3 Å². The molecular formula is C23H38FN9. The van der Waals surface area contributed by atoms with Gasteiger partial charge in [-0.2, -0.15) is 9.97 Å². The number of nitrogens with zero attached hydrogens (tertiary/aromatic N) is 5. The van der Waals surface area contributed by atoms with Gasteiger partial charge in [-0.15, -0.1) is 0 Å². The number of rotatable bonds is 11. The van der Waals surface area contributed by atoms with E-state index in [2.05, 4.69) is 36.4 Å². The summed E-state index contributed by atoms with van der Waals surface area (Å²) in [4.78, 5) is 15.9. The second kappa shape index (κ2) is 10.9. The maximum Gasteiger partial charge on any atom is 0.229 e. The summed E-state index contributed by atoms with van der Waals surface area (Å²) in [7, 11) is 0. The predicted octanol–water partition coefficient (Wildman–Crippen LogP) is 3.53. The lowest BCUT2D eigenvalue weighted by Crippen LogP contribution is -2.25. The number of unbranched alkanes of at least 4 members (excludes halogenated alkanes) is 2. The van der Waals surface area contributed by atoms with E-state index in [0.717, 1.165) is 25.8 Å². The standard InChI is InChI=1S/C23H38FN9/c1-5-17(26)18(13-27-11-8-6-7-10-25)29-20-19-21(33(15-28-19)23(2,3)4)31-22(30-20)32-12-9-16(24)14-32/h13,15-16,26-27H,5-12,14,25H2,1-4H3,(H,29,30,31)/b18-13+,26-17?/t16-/m0/s1. The molecular weight excluding hydrogens is 421 g/mol. The Balaban J connectivity index is 1.94. The van der Waals surface area contributed by atoms with Crippen LogP contribution >= 0.6 is 0 Å². The first-order valence-electron chi connectivity index (χ1n) is 11.9. The fourth-order valence-electron chi connectivity index (χ4n) is 3.75. The second-order valence-corrected chi connectivity index (χ2v) is 9.48. The Kier molecular flexibility index (Phi) is 8.23. The Morgan fingerprint density at radius 2 is 2.09 bits per heavy atom. The van der Waals surface area contributed by atoms with Crippen molar-refractivity contribution in [2.24, 2.45) is 5.73 Å². The van der Waals surface area contributed by atoms with Crippen molar-refractivity contribution in [3.05, 3.63) is 18.2 Å². The zero-order chi connectivity index (χ0) is 24.0. The normalized spacial score (nSPS) is 17.1. The number of nitrogens with two attached hydrogens (primary N) is 1. The monoisotopic (exact) mass is 459 g/mol. The Morgan fingerprint density at radius 1 is 1.30 bits per heavy atom. The molecule has 1 saturated heterocycles. The molecule has 1 atom stereocenters. The lowest BCUT2D eigenvalue weighted by Gasteiger charge is -2.22. The fraction of sp³-hybridized carbons (Fsp3) is 0.652. The third-order valence-electron chi connectivity index (χ3n) is 5.72. The molecule has 0 saturated carbocycles. The van der Waals surface area contributed by atoms with E-state index in [-0.39, 0.29) is 12.1 Å². The zero-order valence-electron chi connectivity index (χ0n) is 20.3. The fourth-order valence-corrected chi connectivity index (χ4v) is 3.75. The number of hydrogen-bond acceptors (Lipinski definition) is 8. The summed E-state index contributed by atoms with van der Waals surface area (Å²) in [5, 5.41) is 15.1. The number of hydrogen-bond donors (Lipinski definition) is 4. The van der Waals surface area contributed by atoms with E-state index in [9.17, 15) is 4.39 Å². The van der Waals surface area contributed by atoms with Crippen molar-refractivity contribution in [2.75, 3.05) is 36.4 Å². The number of anilines is 2. The zero-order valence-corrected chi connectivity index (χ0v) is 20.3. The SMILES string of the molecule is CCC(=N)/C(=C\NCCCCCN)Nc1nc(N2CC[C@H](F)C2)nc2c1ncn2C(C)(C)C. The predicted molar refractivity (Wildman–Crippen MR) is 133 cm³/mol.